The molecule has 0 aliphatic rings. The standard InChI is InChI=1S/C29H24N2O4S/c1-35-24-11-7-8-21(18-24)19-30-29(32)23-14-16-25(17-15-23)36(33,34)31-20-27(22-9-3-2-4-10-22)26-12-5-6-13-28(26)31/h2-18,20H,19H2,1H3,(H,30,32). The van der Waals surface area contributed by atoms with E-state index in [9.17, 15) is 13.2 Å². The lowest BCUT2D eigenvalue weighted by Gasteiger charge is -2.09. The average Bonchev–Trinajstić information content (AvgIpc) is 3.33. The summed E-state index contributed by atoms with van der Waals surface area (Å²) >= 11 is 0. The zero-order chi connectivity index (χ0) is 25.1. The predicted molar refractivity (Wildman–Crippen MR) is 141 cm³/mol. The first-order valence-corrected chi connectivity index (χ1v) is 12.8. The Morgan fingerprint density at radius 3 is 2.33 bits per heavy atom. The van der Waals surface area contributed by atoms with Crippen molar-refractivity contribution in [2.45, 2.75) is 11.4 Å². The van der Waals surface area contributed by atoms with Crippen LogP contribution >= 0.6 is 0 Å². The van der Waals surface area contributed by atoms with Gasteiger partial charge in [-0.2, -0.15) is 0 Å². The SMILES string of the molecule is COc1cccc(CNC(=O)c2ccc(S(=O)(=O)n3cc(-c4ccccc4)c4ccccc43)cc2)c1. The summed E-state index contributed by atoms with van der Waals surface area (Å²) in [6.07, 6.45) is 1.66. The molecule has 1 amide bonds. The number of hydrogen-bond donors (Lipinski definition) is 1. The number of nitrogens with one attached hydrogen (secondary N) is 1. The van der Waals surface area contributed by atoms with E-state index >= 15 is 0 Å². The van der Waals surface area contributed by atoms with Crippen molar-refractivity contribution in [2.24, 2.45) is 0 Å². The van der Waals surface area contributed by atoms with Crippen LogP contribution in [0.15, 0.2) is 114 Å². The maximum atomic E-state index is 13.6. The van der Waals surface area contributed by atoms with Gasteiger partial charge in [0.15, 0.2) is 0 Å². The van der Waals surface area contributed by atoms with Crippen LogP contribution < -0.4 is 10.1 Å². The van der Waals surface area contributed by atoms with Gasteiger partial charge < -0.3 is 10.1 Å². The second-order valence-electron chi connectivity index (χ2n) is 8.29. The third kappa shape index (κ3) is 4.48. The van der Waals surface area contributed by atoms with Crippen molar-refractivity contribution < 1.29 is 17.9 Å². The van der Waals surface area contributed by atoms with Crippen LogP contribution in [0.3, 0.4) is 0 Å². The molecule has 0 spiro atoms. The summed E-state index contributed by atoms with van der Waals surface area (Å²) in [5.74, 6) is 0.420. The highest BCUT2D eigenvalue weighted by Gasteiger charge is 2.22. The Kier molecular flexibility index (Phi) is 6.31. The van der Waals surface area contributed by atoms with E-state index in [4.69, 9.17) is 4.74 Å². The number of ether oxygens (including phenoxy) is 1. The van der Waals surface area contributed by atoms with Crippen molar-refractivity contribution in [1.29, 1.82) is 0 Å². The van der Waals surface area contributed by atoms with Crippen LogP contribution in [-0.4, -0.2) is 25.4 Å². The number of para-hydroxylation sites is 1. The van der Waals surface area contributed by atoms with Gasteiger partial charge in [0.1, 0.15) is 5.75 Å². The van der Waals surface area contributed by atoms with E-state index in [0.717, 1.165) is 22.1 Å². The monoisotopic (exact) mass is 496 g/mol. The fourth-order valence-electron chi connectivity index (χ4n) is 4.16. The molecule has 0 atom stereocenters. The molecule has 36 heavy (non-hydrogen) atoms. The minimum Gasteiger partial charge on any atom is -0.497 e. The molecule has 0 bridgehead atoms. The van der Waals surface area contributed by atoms with E-state index in [1.54, 1.807) is 19.4 Å². The van der Waals surface area contributed by atoms with E-state index in [1.165, 1.54) is 28.2 Å². The van der Waals surface area contributed by atoms with Gasteiger partial charge in [-0.1, -0.05) is 60.7 Å². The number of aromatic nitrogens is 1. The van der Waals surface area contributed by atoms with Gasteiger partial charge in [0.25, 0.3) is 15.9 Å². The van der Waals surface area contributed by atoms with E-state index in [-0.39, 0.29) is 10.8 Å². The van der Waals surface area contributed by atoms with Gasteiger partial charge in [-0.3, -0.25) is 4.79 Å². The first kappa shape index (κ1) is 23.4. The third-order valence-electron chi connectivity index (χ3n) is 6.02. The molecule has 0 unspecified atom stereocenters. The van der Waals surface area contributed by atoms with E-state index in [1.807, 2.05) is 72.8 Å². The van der Waals surface area contributed by atoms with Crippen LogP contribution in [0.2, 0.25) is 0 Å². The van der Waals surface area contributed by atoms with E-state index in [0.29, 0.717) is 23.4 Å². The van der Waals surface area contributed by atoms with Gasteiger partial charge in [-0.25, -0.2) is 12.4 Å². The molecule has 0 aliphatic carbocycles. The van der Waals surface area contributed by atoms with Gasteiger partial charge in [-0.05, 0) is 53.6 Å². The Labute approximate surface area is 209 Å². The lowest BCUT2D eigenvalue weighted by atomic mass is 10.1. The molecule has 6 nitrogen and oxygen atoms in total. The van der Waals surface area contributed by atoms with E-state index < -0.39 is 10.0 Å². The molecule has 1 aromatic heterocycles. The van der Waals surface area contributed by atoms with Crippen molar-refractivity contribution >= 4 is 26.8 Å². The van der Waals surface area contributed by atoms with Gasteiger partial charge in [0, 0.05) is 29.3 Å². The van der Waals surface area contributed by atoms with Gasteiger partial charge in [0.2, 0.25) is 0 Å². The molecule has 4 aromatic carbocycles. The van der Waals surface area contributed by atoms with Crippen LogP contribution in [0, 0.1) is 0 Å². The maximum absolute atomic E-state index is 13.6. The molecule has 1 heterocycles. The Bertz CT molecular complexity index is 1640. The summed E-state index contributed by atoms with van der Waals surface area (Å²) in [5.41, 5.74) is 3.64. The fourth-order valence-corrected chi connectivity index (χ4v) is 5.52. The van der Waals surface area contributed by atoms with Crippen LogP contribution in [-0.2, 0) is 16.6 Å². The molecular formula is C29H24N2O4S. The number of benzene rings is 4. The van der Waals surface area contributed by atoms with Crippen molar-refractivity contribution in [3.05, 3.63) is 120 Å². The number of carbonyl (C=O) groups is 1. The maximum Gasteiger partial charge on any atom is 0.268 e. The first-order chi connectivity index (χ1) is 17.5. The molecule has 7 heteroatoms. The summed E-state index contributed by atoms with van der Waals surface area (Å²) in [4.78, 5) is 12.7. The van der Waals surface area contributed by atoms with Crippen LogP contribution in [0.5, 0.6) is 5.75 Å². The molecule has 0 radical (unpaired) electrons. The quantitative estimate of drug-likeness (QED) is 0.324. The molecular weight excluding hydrogens is 472 g/mol. The number of methoxy groups -OCH3 is 1. The zero-order valence-corrected chi connectivity index (χ0v) is 20.4. The second kappa shape index (κ2) is 9.71. The molecule has 180 valence electrons. The smallest absolute Gasteiger partial charge is 0.268 e. The number of carbonyl (C=O) groups excluding carboxylic acids is 1. The summed E-state index contributed by atoms with van der Waals surface area (Å²) in [7, 11) is -2.30. The molecule has 5 aromatic rings. The molecule has 0 saturated heterocycles. The topological polar surface area (TPSA) is 77.4 Å². The lowest BCUT2D eigenvalue weighted by molar-refractivity contribution is 0.0950. The van der Waals surface area contributed by atoms with Crippen molar-refractivity contribution in [2.75, 3.05) is 7.11 Å². The van der Waals surface area contributed by atoms with Gasteiger partial charge in [-0.15, -0.1) is 0 Å². The molecule has 5 rings (SSSR count). The summed E-state index contributed by atoms with van der Waals surface area (Å²) in [5, 5.41) is 3.70. The predicted octanol–water partition coefficient (Wildman–Crippen LogP) is 5.48. The fraction of sp³-hybridized carbons (Fsp3) is 0.0690. The van der Waals surface area contributed by atoms with Crippen LogP contribution in [0.1, 0.15) is 15.9 Å². The zero-order valence-electron chi connectivity index (χ0n) is 19.6. The second-order valence-corrected chi connectivity index (χ2v) is 10.1. The Morgan fingerprint density at radius 1 is 0.861 bits per heavy atom. The Morgan fingerprint density at radius 2 is 1.58 bits per heavy atom. The van der Waals surface area contributed by atoms with Crippen molar-refractivity contribution in [1.82, 2.24) is 9.29 Å². The first-order valence-electron chi connectivity index (χ1n) is 11.4. The number of hydrogen-bond acceptors (Lipinski definition) is 4. The van der Waals surface area contributed by atoms with Crippen molar-refractivity contribution in [3.8, 4) is 16.9 Å². The number of amides is 1. The highest BCUT2D eigenvalue weighted by Crippen LogP contribution is 2.33. The highest BCUT2D eigenvalue weighted by atomic mass is 32.2. The van der Waals surface area contributed by atoms with Crippen LogP contribution in [0.25, 0.3) is 22.0 Å². The molecule has 0 aliphatic heterocycles. The summed E-state index contributed by atoms with van der Waals surface area (Å²) in [6, 6.07) is 30.5. The minimum absolute atomic E-state index is 0.104. The Hall–Kier alpha value is -4.36. The molecule has 1 N–H and O–H groups in total. The van der Waals surface area contributed by atoms with Gasteiger partial charge >= 0.3 is 0 Å². The summed E-state index contributed by atoms with van der Waals surface area (Å²) < 4.78 is 33.7. The van der Waals surface area contributed by atoms with Gasteiger partial charge in [0.05, 0.1) is 17.5 Å². The third-order valence-corrected chi connectivity index (χ3v) is 7.71. The number of rotatable bonds is 7. The largest absolute Gasteiger partial charge is 0.497 e. The summed E-state index contributed by atoms with van der Waals surface area (Å²) in [6.45, 7) is 0.327. The van der Waals surface area contributed by atoms with Crippen molar-refractivity contribution in [3.63, 3.8) is 0 Å². The number of fused-ring (bicyclic) bond motifs is 1. The molecule has 0 fully saturated rings. The lowest BCUT2D eigenvalue weighted by Crippen LogP contribution is -2.23. The average molecular weight is 497 g/mol. The molecule has 0 saturated carbocycles. The minimum atomic E-state index is -3.89. The highest BCUT2D eigenvalue weighted by molar-refractivity contribution is 7.90. The van der Waals surface area contributed by atoms with E-state index in [2.05, 4.69) is 5.32 Å². The normalized spacial score (nSPS) is 11.4. The Balaban J connectivity index is 1.41. The van der Waals surface area contributed by atoms with Crippen LogP contribution in [0.4, 0.5) is 0 Å². The number of nitrogens with zero attached hydrogens (tertiary/aromatic N) is 1.